The summed E-state index contributed by atoms with van der Waals surface area (Å²) in [4.78, 5) is 13.9. The maximum Gasteiger partial charge on any atom is 0.227 e. The van der Waals surface area contributed by atoms with Crippen LogP contribution in [-0.4, -0.2) is 17.6 Å². The Bertz CT molecular complexity index is 1050. The molecule has 1 heterocycles. The van der Waals surface area contributed by atoms with E-state index in [1.54, 1.807) is 0 Å². The van der Waals surface area contributed by atoms with Crippen molar-refractivity contribution in [1.82, 2.24) is 5.32 Å². The highest BCUT2D eigenvalue weighted by Crippen LogP contribution is 2.25. The van der Waals surface area contributed by atoms with Gasteiger partial charge < -0.3 is 15.5 Å². The molecule has 5 heteroatoms. The van der Waals surface area contributed by atoms with Crippen LogP contribution in [-0.2, 0) is 4.79 Å². The number of thiocarbonyl (C=S) groups is 1. The fraction of sp³-hybridized carbons (Fsp3) is 0.200. The van der Waals surface area contributed by atoms with Gasteiger partial charge in [0.05, 0.1) is 6.04 Å². The molecule has 1 aliphatic heterocycles. The van der Waals surface area contributed by atoms with Crippen LogP contribution < -0.4 is 15.5 Å². The maximum absolute atomic E-state index is 12.1. The number of aryl methyl sites for hydroxylation is 1. The van der Waals surface area contributed by atoms with Gasteiger partial charge in [0.2, 0.25) is 5.91 Å². The van der Waals surface area contributed by atoms with Crippen molar-refractivity contribution >= 4 is 34.6 Å². The van der Waals surface area contributed by atoms with Crippen molar-refractivity contribution in [3.8, 4) is 0 Å². The summed E-state index contributed by atoms with van der Waals surface area (Å²) in [5.74, 6) is 0.177. The molecule has 0 aliphatic carbocycles. The summed E-state index contributed by atoms with van der Waals surface area (Å²) >= 11 is 5.64. The molecule has 1 saturated heterocycles. The molecule has 1 aliphatic rings. The minimum absolute atomic E-state index is 0.0607. The Morgan fingerprint density at radius 1 is 0.967 bits per heavy atom. The molecule has 4 rings (SSSR count). The highest BCUT2D eigenvalue weighted by molar-refractivity contribution is 7.80. The molecule has 0 spiro atoms. The van der Waals surface area contributed by atoms with Crippen LogP contribution in [0.5, 0.6) is 0 Å². The van der Waals surface area contributed by atoms with Gasteiger partial charge in [-0.1, -0.05) is 66.2 Å². The number of hydrogen-bond donors (Lipinski definition) is 2. The second-order valence-corrected chi connectivity index (χ2v) is 7.96. The van der Waals surface area contributed by atoms with Crippen molar-refractivity contribution in [1.29, 1.82) is 0 Å². The highest BCUT2D eigenvalue weighted by Gasteiger charge is 2.22. The van der Waals surface area contributed by atoms with Crippen molar-refractivity contribution in [3.63, 3.8) is 0 Å². The van der Waals surface area contributed by atoms with Crippen LogP contribution in [0.2, 0.25) is 0 Å². The second kappa shape index (κ2) is 9.09. The molecular formula is C25H25N3OS. The zero-order valence-electron chi connectivity index (χ0n) is 17.0. The Morgan fingerprint density at radius 2 is 1.73 bits per heavy atom. The SMILES string of the molecule is Cc1cccc([C@H](NC(=S)Nc2cccc(N3CCCC3=O)c2)c2ccccc2)c1. The lowest BCUT2D eigenvalue weighted by atomic mass is 9.97. The molecule has 3 aromatic rings. The summed E-state index contributed by atoms with van der Waals surface area (Å²) in [5.41, 5.74) is 5.27. The first-order valence-corrected chi connectivity index (χ1v) is 10.6. The molecule has 0 aromatic heterocycles. The molecule has 3 aromatic carbocycles. The Morgan fingerprint density at radius 3 is 2.47 bits per heavy atom. The van der Waals surface area contributed by atoms with Crippen LogP contribution in [0.4, 0.5) is 11.4 Å². The van der Waals surface area contributed by atoms with Gasteiger partial charge in [-0.15, -0.1) is 0 Å². The Kier molecular flexibility index (Phi) is 6.10. The third kappa shape index (κ3) is 4.69. The quantitative estimate of drug-likeness (QED) is 0.563. The van der Waals surface area contributed by atoms with Crippen LogP contribution in [0.3, 0.4) is 0 Å². The van der Waals surface area contributed by atoms with E-state index in [4.69, 9.17) is 12.2 Å². The van der Waals surface area contributed by atoms with E-state index in [9.17, 15) is 4.79 Å². The van der Waals surface area contributed by atoms with E-state index in [2.05, 4.69) is 54.0 Å². The van der Waals surface area contributed by atoms with E-state index in [1.165, 1.54) is 5.56 Å². The van der Waals surface area contributed by atoms with E-state index < -0.39 is 0 Å². The van der Waals surface area contributed by atoms with Gasteiger partial charge in [-0.25, -0.2) is 0 Å². The van der Waals surface area contributed by atoms with Crippen LogP contribution >= 0.6 is 12.2 Å². The Balaban J connectivity index is 1.53. The molecule has 152 valence electrons. The number of nitrogens with zero attached hydrogens (tertiary/aromatic N) is 1. The lowest BCUT2D eigenvalue weighted by Crippen LogP contribution is -2.33. The van der Waals surface area contributed by atoms with Gasteiger partial charge in [-0.05, 0) is 54.9 Å². The molecule has 0 unspecified atom stereocenters. The zero-order valence-corrected chi connectivity index (χ0v) is 17.8. The number of carbonyl (C=O) groups excluding carboxylic acids is 1. The molecule has 2 N–H and O–H groups in total. The Labute approximate surface area is 182 Å². The third-order valence-corrected chi connectivity index (χ3v) is 5.49. The predicted octanol–water partition coefficient (Wildman–Crippen LogP) is 5.20. The van der Waals surface area contributed by atoms with Gasteiger partial charge in [0, 0.05) is 24.3 Å². The first-order valence-electron chi connectivity index (χ1n) is 10.2. The minimum Gasteiger partial charge on any atom is -0.352 e. The van der Waals surface area contributed by atoms with E-state index in [1.807, 2.05) is 47.4 Å². The first-order chi connectivity index (χ1) is 14.6. The summed E-state index contributed by atoms with van der Waals surface area (Å²) in [6.07, 6.45) is 1.53. The number of amides is 1. The van der Waals surface area contributed by atoms with Crippen molar-refractivity contribution in [3.05, 3.63) is 95.6 Å². The average molecular weight is 416 g/mol. The highest BCUT2D eigenvalue weighted by atomic mass is 32.1. The molecule has 4 nitrogen and oxygen atoms in total. The molecule has 1 fully saturated rings. The van der Waals surface area contributed by atoms with Gasteiger partial charge in [0.1, 0.15) is 0 Å². The number of anilines is 2. The molecule has 0 radical (unpaired) electrons. The predicted molar refractivity (Wildman–Crippen MR) is 127 cm³/mol. The normalized spacial score (nSPS) is 14.4. The zero-order chi connectivity index (χ0) is 20.9. The number of nitrogens with one attached hydrogen (secondary N) is 2. The van der Waals surface area contributed by atoms with Crippen LogP contribution in [0.15, 0.2) is 78.9 Å². The molecule has 1 amide bonds. The van der Waals surface area contributed by atoms with Crippen LogP contribution in [0, 0.1) is 6.92 Å². The van der Waals surface area contributed by atoms with Crippen molar-refractivity contribution in [2.75, 3.05) is 16.8 Å². The summed E-state index contributed by atoms with van der Waals surface area (Å²) in [5, 5.41) is 7.29. The molecule has 30 heavy (non-hydrogen) atoms. The molecular weight excluding hydrogens is 390 g/mol. The summed E-state index contributed by atoms with van der Waals surface area (Å²) in [7, 11) is 0. The van der Waals surface area contributed by atoms with Gasteiger partial charge in [-0.2, -0.15) is 0 Å². The lowest BCUT2D eigenvalue weighted by molar-refractivity contribution is -0.117. The van der Waals surface area contributed by atoms with E-state index in [0.717, 1.165) is 35.5 Å². The van der Waals surface area contributed by atoms with E-state index >= 15 is 0 Å². The number of benzene rings is 3. The summed E-state index contributed by atoms with van der Waals surface area (Å²) in [6, 6.07) is 26.5. The smallest absolute Gasteiger partial charge is 0.227 e. The first kappa shape index (κ1) is 20.1. The third-order valence-electron chi connectivity index (χ3n) is 5.27. The second-order valence-electron chi connectivity index (χ2n) is 7.56. The van der Waals surface area contributed by atoms with Gasteiger partial charge in [0.25, 0.3) is 0 Å². The number of carbonyl (C=O) groups is 1. The summed E-state index contributed by atoms with van der Waals surface area (Å²) in [6.45, 7) is 2.86. The van der Waals surface area contributed by atoms with E-state index in [-0.39, 0.29) is 11.9 Å². The van der Waals surface area contributed by atoms with Gasteiger partial charge >= 0.3 is 0 Å². The number of hydrogen-bond acceptors (Lipinski definition) is 2. The molecule has 0 bridgehead atoms. The Hall–Kier alpha value is -3.18. The molecule has 0 saturated carbocycles. The molecule has 1 atom stereocenters. The summed E-state index contributed by atoms with van der Waals surface area (Å²) < 4.78 is 0. The standard InChI is InChI=1S/C25H25N3OS/c1-18-8-5-11-20(16-18)24(19-9-3-2-4-10-19)27-25(30)26-21-12-6-13-22(17-21)28-15-7-14-23(28)29/h2-6,8-13,16-17,24H,7,14-15H2,1H3,(H2,26,27,30)/t24-/m1/s1. The van der Waals surface area contributed by atoms with Crippen molar-refractivity contribution in [2.24, 2.45) is 0 Å². The lowest BCUT2D eigenvalue weighted by Gasteiger charge is -2.23. The van der Waals surface area contributed by atoms with Crippen LogP contribution in [0.25, 0.3) is 0 Å². The van der Waals surface area contributed by atoms with Gasteiger partial charge in [0.15, 0.2) is 5.11 Å². The minimum atomic E-state index is -0.0607. The fourth-order valence-corrected chi connectivity index (χ4v) is 4.06. The topological polar surface area (TPSA) is 44.4 Å². The van der Waals surface area contributed by atoms with Crippen molar-refractivity contribution in [2.45, 2.75) is 25.8 Å². The number of rotatable bonds is 5. The van der Waals surface area contributed by atoms with Crippen LogP contribution in [0.1, 0.15) is 35.6 Å². The van der Waals surface area contributed by atoms with E-state index in [0.29, 0.717) is 11.5 Å². The largest absolute Gasteiger partial charge is 0.352 e. The van der Waals surface area contributed by atoms with Gasteiger partial charge in [-0.3, -0.25) is 4.79 Å². The fourth-order valence-electron chi connectivity index (χ4n) is 3.83. The average Bonchev–Trinajstić information content (AvgIpc) is 3.19. The van der Waals surface area contributed by atoms with Crippen molar-refractivity contribution < 1.29 is 4.79 Å². The monoisotopic (exact) mass is 415 g/mol. The maximum atomic E-state index is 12.1.